The minimum absolute atomic E-state index is 0.146. The number of hydrogen-bond acceptors (Lipinski definition) is 2. The first kappa shape index (κ1) is 16.1. The summed E-state index contributed by atoms with van der Waals surface area (Å²) < 4.78 is 19.5. The van der Waals surface area contributed by atoms with Crippen LogP contribution in [0.15, 0.2) is 36.4 Å². The minimum atomic E-state index is -0.415. The number of rotatable bonds is 6. The van der Waals surface area contributed by atoms with Crippen molar-refractivity contribution in [3.8, 4) is 11.5 Å². The Morgan fingerprint density at radius 1 is 1.10 bits per heavy atom. The van der Waals surface area contributed by atoms with E-state index in [4.69, 9.17) is 27.9 Å². The summed E-state index contributed by atoms with van der Waals surface area (Å²) >= 11 is 11.8. The van der Waals surface area contributed by atoms with Crippen LogP contribution in [0.1, 0.15) is 18.9 Å². The fourth-order valence-electron chi connectivity index (χ4n) is 1.86. The van der Waals surface area contributed by atoms with E-state index in [1.54, 1.807) is 24.3 Å². The number of benzene rings is 2. The van der Waals surface area contributed by atoms with Gasteiger partial charge in [-0.3, -0.25) is 0 Å². The molecule has 0 unspecified atom stereocenters. The third-order valence-electron chi connectivity index (χ3n) is 2.82. The fourth-order valence-corrected chi connectivity index (χ4v) is 2.37. The van der Waals surface area contributed by atoms with E-state index >= 15 is 0 Å². The second-order valence-electron chi connectivity index (χ2n) is 4.65. The van der Waals surface area contributed by atoms with Gasteiger partial charge in [-0.1, -0.05) is 36.2 Å². The van der Waals surface area contributed by atoms with Crippen molar-refractivity contribution < 1.29 is 9.13 Å². The van der Waals surface area contributed by atoms with E-state index < -0.39 is 5.82 Å². The first-order valence-corrected chi connectivity index (χ1v) is 7.47. The standard InChI is InChI=1S/C16H16Cl2FNO/c1-2-5-20-10-11-3-4-16(15(19)6-11)21-14-8-12(17)7-13(18)9-14/h3-4,6-9,20H,2,5,10H2,1H3. The van der Waals surface area contributed by atoms with Crippen LogP contribution >= 0.6 is 23.2 Å². The summed E-state index contributed by atoms with van der Waals surface area (Å²) in [5, 5.41) is 4.11. The zero-order valence-electron chi connectivity index (χ0n) is 11.6. The average Bonchev–Trinajstić information content (AvgIpc) is 2.41. The smallest absolute Gasteiger partial charge is 0.166 e. The predicted molar refractivity (Wildman–Crippen MR) is 84.9 cm³/mol. The Labute approximate surface area is 133 Å². The maximum atomic E-state index is 14.0. The molecular formula is C16H16Cl2FNO. The molecule has 5 heteroatoms. The highest BCUT2D eigenvalue weighted by Gasteiger charge is 2.07. The molecule has 21 heavy (non-hydrogen) atoms. The van der Waals surface area contributed by atoms with Crippen LogP contribution in [0.4, 0.5) is 4.39 Å². The van der Waals surface area contributed by atoms with Crippen molar-refractivity contribution in [2.45, 2.75) is 19.9 Å². The molecule has 0 aliphatic carbocycles. The molecule has 2 rings (SSSR count). The zero-order chi connectivity index (χ0) is 15.2. The molecule has 0 radical (unpaired) electrons. The van der Waals surface area contributed by atoms with E-state index in [1.807, 2.05) is 6.07 Å². The van der Waals surface area contributed by atoms with Gasteiger partial charge in [-0.2, -0.15) is 0 Å². The Morgan fingerprint density at radius 2 is 1.81 bits per heavy atom. The summed E-state index contributed by atoms with van der Waals surface area (Å²) in [5.74, 6) is 0.137. The molecular weight excluding hydrogens is 312 g/mol. The lowest BCUT2D eigenvalue weighted by atomic mass is 10.2. The predicted octanol–water partition coefficient (Wildman–Crippen LogP) is 5.42. The van der Waals surface area contributed by atoms with Gasteiger partial charge in [-0.25, -0.2) is 4.39 Å². The van der Waals surface area contributed by atoms with Crippen molar-refractivity contribution >= 4 is 23.2 Å². The second kappa shape index (κ2) is 7.64. The number of nitrogens with one attached hydrogen (secondary N) is 1. The van der Waals surface area contributed by atoms with Crippen LogP contribution in [-0.4, -0.2) is 6.54 Å². The Morgan fingerprint density at radius 3 is 2.43 bits per heavy atom. The molecule has 0 heterocycles. The molecule has 0 bridgehead atoms. The first-order chi connectivity index (χ1) is 10.1. The van der Waals surface area contributed by atoms with Crippen LogP contribution in [0.25, 0.3) is 0 Å². The molecule has 2 nitrogen and oxygen atoms in total. The van der Waals surface area contributed by atoms with E-state index in [0.717, 1.165) is 18.5 Å². The normalized spacial score (nSPS) is 10.7. The van der Waals surface area contributed by atoms with Crippen LogP contribution in [0, 0.1) is 5.82 Å². The van der Waals surface area contributed by atoms with E-state index in [-0.39, 0.29) is 5.75 Å². The van der Waals surface area contributed by atoms with Gasteiger partial charge in [-0.05, 0) is 48.9 Å². The Balaban J connectivity index is 2.10. The maximum absolute atomic E-state index is 14.0. The van der Waals surface area contributed by atoms with Crippen LogP contribution in [-0.2, 0) is 6.54 Å². The Bertz CT molecular complexity index is 599. The van der Waals surface area contributed by atoms with E-state index in [9.17, 15) is 4.39 Å². The fraction of sp³-hybridized carbons (Fsp3) is 0.250. The molecule has 2 aromatic carbocycles. The second-order valence-corrected chi connectivity index (χ2v) is 5.52. The number of halogens is 3. The van der Waals surface area contributed by atoms with Crippen LogP contribution in [0.5, 0.6) is 11.5 Å². The topological polar surface area (TPSA) is 21.3 Å². The lowest BCUT2D eigenvalue weighted by Crippen LogP contribution is -2.13. The van der Waals surface area contributed by atoms with Gasteiger partial charge in [0.2, 0.25) is 0 Å². The van der Waals surface area contributed by atoms with Crippen molar-refractivity contribution in [3.05, 3.63) is 57.8 Å². The lowest BCUT2D eigenvalue weighted by Gasteiger charge is -2.09. The Kier molecular flexibility index (Phi) is 5.85. The maximum Gasteiger partial charge on any atom is 0.166 e. The monoisotopic (exact) mass is 327 g/mol. The van der Waals surface area contributed by atoms with E-state index in [0.29, 0.717) is 22.3 Å². The molecule has 0 atom stereocenters. The van der Waals surface area contributed by atoms with Gasteiger partial charge in [0.25, 0.3) is 0 Å². The molecule has 0 aromatic heterocycles. The van der Waals surface area contributed by atoms with Gasteiger partial charge in [0, 0.05) is 16.6 Å². The summed E-state index contributed by atoms with van der Waals surface area (Å²) in [5.41, 5.74) is 0.873. The van der Waals surface area contributed by atoms with Crippen molar-refractivity contribution in [1.29, 1.82) is 0 Å². The highest BCUT2D eigenvalue weighted by molar-refractivity contribution is 6.34. The highest BCUT2D eigenvalue weighted by atomic mass is 35.5. The van der Waals surface area contributed by atoms with Crippen LogP contribution < -0.4 is 10.1 Å². The number of ether oxygens (including phenoxy) is 1. The summed E-state index contributed by atoms with van der Waals surface area (Å²) in [7, 11) is 0. The lowest BCUT2D eigenvalue weighted by molar-refractivity contribution is 0.441. The first-order valence-electron chi connectivity index (χ1n) is 6.71. The van der Waals surface area contributed by atoms with Gasteiger partial charge in [0.05, 0.1) is 0 Å². The molecule has 112 valence electrons. The summed E-state index contributed by atoms with van der Waals surface area (Å²) in [6.45, 7) is 3.62. The third kappa shape index (κ3) is 4.88. The summed E-state index contributed by atoms with van der Waals surface area (Å²) in [6.07, 6.45) is 1.04. The van der Waals surface area contributed by atoms with E-state index in [1.165, 1.54) is 6.07 Å². The van der Waals surface area contributed by atoms with Gasteiger partial charge in [-0.15, -0.1) is 0 Å². The molecule has 0 saturated heterocycles. The molecule has 0 fully saturated rings. The quantitative estimate of drug-likeness (QED) is 0.715. The minimum Gasteiger partial charge on any atom is -0.454 e. The number of hydrogen-bond donors (Lipinski definition) is 1. The molecule has 0 spiro atoms. The van der Waals surface area contributed by atoms with Crippen LogP contribution in [0.2, 0.25) is 10.0 Å². The van der Waals surface area contributed by atoms with Gasteiger partial charge in [0.15, 0.2) is 11.6 Å². The molecule has 0 saturated carbocycles. The molecule has 0 aliphatic heterocycles. The summed E-state index contributed by atoms with van der Waals surface area (Å²) in [6, 6.07) is 9.66. The van der Waals surface area contributed by atoms with Crippen LogP contribution in [0.3, 0.4) is 0 Å². The van der Waals surface area contributed by atoms with Crippen molar-refractivity contribution in [2.75, 3.05) is 6.54 Å². The van der Waals surface area contributed by atoms with Gasteiger partial charge >= 0.3 is 0 Å². The van der Waals surface area contributed by atoms with Gasteiger partial charge in [0.1, 0.15) is 5.75 Å². The largest absolute Gasteiger partial charge is 0.454 e. The van der Waals surface area contributed by atoms with Gasteiger partial charge < -0.3 is 10.1 Å². The van der Waals surface area contributed by atoms with E-state index in [2.05, 4.69) is 12.2 Å². The SMILES string of the molecule is CCCNCc1ccc(Oc2cc(Cl)cc(Cl)c2)c(F)c1. The highest BCUT2D eigenvalue weighted by Crippen LogP contribution is 2.30. The molecule has 1 N–H and O–H groups in total. The van der Waals surface area contributed by atoms with Crippen molar-refractivity contribution in [1.82, 2.24) is 5.32 Å². The average molecular weight is 328 g/mol. The Hall–Kier alpha value is -1.29. The molecule has 2 aromatic rings. The molecule has 0 aliphatic rings. The summed E-state index contributed by atoms with van der Waals surface area (Å²) in [4.78, 5) is 0. The van der Waals surface area contributed by atoms with Crippen molar-refractivity contribution in [3.63, 3.8) is 0 Å². The zero-order valence-corrected chi connectivity index (χ0v) is 13.1. The molecule has 0 amide bonds. The van der Waals surface area contributed by atoms with Crippen molar-refractivity contribution in [2.24, 2.45) is 0 Å². The third-order valence-corrected chi connectivity index (χ3v) is 3.25.